The van der Waals surface area contributed by atoms with Crippen LogP contribution in [0.4, 0.5) is 5.13 Å². The number of nitrogens with one attached hydrogen (secondary N) is 1. The zero-order valence-electron chi connectivity index (χ0n) is 9.76. The van der Waals surface area contributed by atoms with E-state index in [0.717, 1.165) is 42.6 Å². The van der Waals surface area contributed by atoms with Gasteiger partial charge in [0.15, 0.2) is 5.13 Å². The van der Waals surface area contributed by atoms with Crippen molar-refractivity contribution in [3.63, 3.8) is 0 Å². The molecule has 1 N–H and O–H groups in total. The minimum Gasteiger partial charge on any atom is -0.346 e. The molecule has 3 rings (SSSR count). The molecule has 1 aliphatic rings. The lowest BCUT2D eigenvalue weighted by Crippen LogP contribution is -2.43. The molecule has 17 heavy (non-hydrogen) atoms. The van der Waals surface area contributed by atoms with Crippen molar-refractivity contribution < 1.29 is 0 Å². The molecule has 3 heterocycles. The van der Waals surface area contributed by atoms with E-state index < -0.39 is 0 Å². The predicted molar refractivity (Wildman–Crippen MR) is 69.4 cm³/mol. The minimum absolute atomic E-state index is 1.02. The Hall–Kier alpha value is -1.40. The van der Waals surface area contributed by atoms with Crippen molar-refractivity contribution in [2.24, 2.45) is 7.05 Å². The van der Waals surface area contributed by atoms with Crippen molar-refractivity contribution in [1.82, 2.24) is 20.1 Å². The number of rotatable bonds is 2. The Bertz CT molecular complexity index is 497. The van der Waals surface area contributed by atoms with E-state index in [1.807, 2.05) is 19.4 Å². The number of thiazole rings is 1. The van der Waals surface area contributed by atoms with Crippen LogP contribution in [0.25, 0.3) is 11.3 Å². The summed E-state index contributed by atoms with van der Waals surface area (Å²) in [6.07, 6.45) is 3.85. The van der Waals surface area contributed by atoms with E-state index in [-0.39, 0.29) is 0 Å². The van der Waals surface area contributed by atoms with Crippen LogP contribution >= 0.6 is 11.3 Å². The zero-order chi connectivity index (χ0) is 11.7. The number of aromatic nitrogens is 3. The number of piperazine rings is 1. The molecule has 0 bridgehead atoms. The fourth-order valence-electron chi connectivity index (χ4n) is 1.95. The molecule has 0 unspecified atom stereocenters. The molecule has 1 aliphatic heterocycles. The third-order valence-electron chi connectivity index (χ3n) is 2.88. The first-order valence-electron chi connectivity index (χ1n) is 5.73. The Kier molecular flexibility index (Phi) is 2.82. The summed E-state index contributed by atoms with van der Waals surface area (Å²) in [7, 11) is 1.92. The number of anilines is 1. The lowest BCUT2D eigenvalue weighted by atomic mass is 10.3. The summed E-state index contributed by atoms with van der Waals surface area (Å²) in [5.74, 6) is 0. The van der Waals surface area contributed by atoms with Gasteiger partial charge in [0.25, 0.3) is 0 Å². The fraction of sp³-hybridized carbons (Fsp3) is 0.455. The van der Waals surface area contributed by atoms with Gasteiger partial charge in [-0.3, -0.25) is 4.68 Å². The maximum Gasteiger partial charge on any atom is 0.185 e. The monoisotopic (exact) mass is 249 g/mol. The SMILES string of the molecule is Cn1cc(-c2csc(N3CCNCC3)n2)cn1. The van der Waals surface area contributed by atoms with Gasteiger partial charge >= 0.3 is 0 Å². The van der Waals surface area contributed by atoms with Crippen LogP contribution in [0.3, 0.4) is 0 Å². The van der Waals surface area contributed by atoms with Gasteiger partial charge in [0.1, 0.15) is 0 Å². The number of hydrogen-bond donors (Lipinski definition) is 1. The fourth-order valence-corrected chi connectivity index (χ4v) is 2.84. The highest BCUT2D eigenvalue weighted by molar-refractivity contribution is 7.14. The van der Waals surface area contributed by atoms with Gasteiger partial charge in [-0.25, -0.2) is 4.98 Å². The molecular weight excluding hydrogens is 234 g/mol. The second kappa shape index (κ2) is 4.46. The average Bonchev–Trinajstić information content (AvgIpc) is 2.98. The summed E-state index contributed by atoms with van der Waals surface area (Å²) in [4.78, 5) is 7.02. The predicted octanol–water partition coefficient (Wildman–Crippen LogP) is 0.953. The van der Waals surface area contributed by atoms with E-state index in [9.17, 15) is 0 Å². The molecule has 0 spiro atoms. The van der Waals surface area contributed by atoms with Crippen LogP contribution in [0.1, 0.15) is 0 Å². The van der Waals surface area contributed by atoms with E-state index in [4.69, 9.17) is 0 Å². The standard InChI is InChI=1S/C11H15N5S/c1-15-7-9(6-13-15)10-8-17-11(14-10)16-4-2-12-3-5-16/h6-8,12H,2-5H2,1H3. The van der Waals surface area contributed by atoms with Gasteiger partial charge in [-0.05, 0) is 0 Å². The lowest BCUT2D eigenvalue weighted by Gasteiger charge is -2.26. The molecule has 2 aromatic rings. The molecule has 0 aliphatic carbocycles. The van der Waals surface area contributed by atoms with Gasteiger partial charge < -0.3 is 10.2 Å². The minimum atomic E-state index is 1.02. The van der Waals surface area contributed by atoms with Crippen LogP contribution in [0.5, 0.6) is 0 Å². The van der Waals surface area contributed by atoms with Crippen LogP contribution < -0.4 is 10.2 Å². The summed E-state index contributed by atoms with van der Waals surface area (Å²) >= 11 is 1.71. The van der Waals surface area contributed by atoms with Crippen molar-refractivity contribution in [3.05, 3.63) is 17.8 Å². The maximum absolute atomic E-state index is 4.68. The van der Waals surface area contributed by atoms with Gasteiger partial charge in [-0.1, -0.05) is 0 Å². The molecule has 0 aromatic carbocycles. The summed E-state index contributed by atoms with van der Waals surface area (Å²) in [5.41, 5.74) is 2.11. The zero-order valence-corrected chi connectivity index (χ0v) is 10.6. The van der Waals surface area contributed by atoms with Crippen LogP contribution in [0.2, 0.25) is 0 Å². The summed E-state index contributed by atoms with van der Waals surface area (Å²) in [5, 5.41) is 10.7. The molecule has 1 saturated heterocycles. The molecule has 0 amide bonds. The van der Waals surface area contributed by atoms with Crippen molar-refractivity contribution in [2.45, 2.75) is 0 Å². The third-order valence-corrected chi connectivity index (χ3v) is 3.78. The van der Waals surface area contributed by atoms with Crippen molar-refractivity contribution >= 4 is 16.5 Å². The Morgan fingerprint density at radius 1 is 1.35 bits per heavy atom. The number of nitrogens with zero attached hydrogens (tertiary/aromatic N) is 4. The highest BCUT2D eigenvalue weighted by Gasteiger charge is 2.14. The summed E-state index contributed by atoms with van der Waals surface area (Å²) in [6.45, 7) is 4.17. The van der Waals surface area contributed by atoms with Crippen LogP contribution in [0, 0.1) is 0 Å². The Morgan fingerprint density at radius 2 is 2.18 bits per heavy atom. The molecular formula is C11H15N5S. The number of hydrogen-bond acceptors (Lipinski definition) is 5. The number of aryl methyl sites for hydroxylation is 1. The molecule has 5 nitrogen and oxygen atoms in total. The Labute approximate surface area is 104 Å². The first-order chi connectivity index (χ1) is 8.33. The highest BCUT2D eigenvalue weighted by Crippen LogP contribution is 2.27. The largest absolute Gasteiger partial charge is 0.346 e. The molecule has 90 valence electrons. The average molecular weight is 249 g/mol. The Balaban J connectivity index is 1.82. The molecule has 1 fully saturated rings. The van der Waals surface area contributed by atoms with E-state index in [1.54, 1.807) is 16.0 Å². The van der Waals surface area contributed by atoms with Gasteiger partial charge in [-0.2, -0.15) is 5.10 Å². The Morgan fingerprint density at radius 3 is 2.88 bits per heavy atom. The van der Waals surface area contributed by atoms with Gasteiger partial charge in [0, 0.05) is 50.4 Å². The lowest BCUT2D eigenvalue weighted by molar-refractivity contribution is 0.588. The molecule has 0 atom stereocenters. The summed E-state index contributed by atoms with van der Waals surface area (Å²) in [6, 6.07) is 0. The normalized spacial score (nSPS) is 16.4. The first kappa shape index (κ1) is 10.7. The van der Waals surface area contributed by atoms with Crippen LogP contribution in [0.15, 0.2) is 17.8 Å². The highest BCUT2D eigenvalue weighted by atomic mass is 32.1. The molecule has 6 heteroatoms. The molecule has 2 aromatic heterocycles. The second-order valence-electron chi connectivity index (χ2n) is 4.16. The quantitative estimate of drug-likeness (QED) is 0.861. The maximum atomic E-state index is 4.68. The summed E-state index contributed by atoms with van der Waals surface area (Å²) < 4.78 is 1.80. The van der Waals surface area contributed by atoms with Gasteiger partial charge in [-0.15, -0.1) is 11.3 Å². The molecule has 0 radical (unpaired) electrons. The van der Waals surface area contributed by atoms with Crippen molar-refractivity contribution in [3.8, 4) is 11.3 Å². The van der Waals surface area contributed by atoms with Gasteiger partial charge in [0.05, 0.1) is 11.9 Å². The van der Waals surface area contributed by atoms with Gasteiger partial charge in [0.2, 0.25) is 0 Å². The first-order valence-corrected chi connectivity index (χ1v) is 6.61. The second-order valence-corrected chi connectivity index (χ2v) is 4.99. The third kappa shape index (κ3) is 2.18. The van der Waals surface area contributed by atoms with Crippen molar-refractivity contribution in [1.29, 1.82) is 0 Å². The van der Waals surface area contributed by atoms with E-state index >= 15 is 0 Å². The van der Waals surface area contributed by atoms with Crippen LogP contribution in [-0.2, 0) is 7.05 Å². The molecule has 0 saturated carbocycles. The van der Waals surface area contributed by atoms with E-state index in [2.05, 4.69) is 25.7 Å². The van der Waals surface area contributed by atoms with Crippen molar-refractivity contribution in [2.75, 3.05) is 31.1 Å². The smallest absolute Gasteiger partial charge is 0.185 e. The topological polar surface area (TPSA) is 46.0 Å². The van der Waals surface area contributed by atoms with E-state index in [1.165, 1.54) is 0 Å². The van der Waals surface area contributed by atoms with Crippen LogP contribution in [-0.4, -0.2) is 40.9 Å². The van der Waals surface area contributed by atoms with E-state index in [0.29, 0.717) is 0 Å².